The first-order valence-electron chi connectivity index (χ1n) is 8.95. The highest BCUT2D eigenvalue weighted by Crippen LogP contribution is 2.17. The second-order valence-electron chi connectivity index (χ2n) is 6.32. The number of pyridine rings is 1. The number of nitrogen functional groups attached to an aromatic ring is 1. The number of amidine groups is 1. The van der Waals surface area contributed by atoms with Gasteiger partial charge in [0.15, 0.2) is 11.6 Å². The number of nitrogens with two attached hydrogens (primary N) is 3. The lowest BCUT2D eigenvalue weighted by atomic mass is 10.2. The van der Waals surface area contributed by atoms with Gasteiger partial charge < -0.3 is 21.2 Å². The average Bonchev–Trinajstić information content (AvgIpc) is 3.38. The number of hydrazine groups is 1. The van der Waals surface area contributed by atoms with Gasteiger partial charge in [-0.2, -0.15) is 19.5 Å². The van der Waals surface area contributed by atoms with Crippen LogP contribution in [0.25, 0.3) is 17.4 Å². The Morgan fingerprint density at radius 1 is 1.27 bits per heavy atom. The largest absolute Gasteiger partial charge is 0.461 e. The minimum absolute atomic E-state index is 0.165. The van der Waals surface area contributed by atoms with Gasteiger partial charge in [0.05, 0.1) is 6.26 Å². The van der Waals surface area contributed by atoms with Gasteiger partial charge in [-0.3, -0.25) is 4.98 Å². The SMILES string of the molecule is CN(N)/N=C(\N)c1ccc(CCNc2nc(N)n3nc(-c4ccco4)nc3n2)cn1. The fourth-order valence-electron chi connectivity index (χ4n) is 2.66. The smallest absolute Gasteiger partial charge is 0.259 e. The van der Waals surface area contributed by atoms with E-state index in [9.17, 15) is 0 Å². The Morgan fingerprint density at radius 2 is 2.13 bits per heavy atom. The Morgan fingerprint density at radius 3 is 2.83 bits per heavy atom. The summed E-state index contributed by atoms with van der Waals surface area (Å²) in [6.07, 6.45) is 3.95. The standard InChI is InChI=1S/C17H20N12O/c1-28(20)26-13(18)11-5-4-10(9-22-11)6-7-21-16-24-15(19)29-17(25-16)23-14(27-29)12-3-2-8-30-12/h2-5,8-9H,6-7,20H2,1H3,(H2,18,26)(H3,19,21,23,24,25,27). The van der Waals surface area contributed by atoms with Crippen LogP contribution in [-0.4, -0.2) is 54.1 Å². The Hall–Kier alpha value is -4.26. The number of furan rings is 1. The number of nitrogens with one attached hydrogen (secondary N) is 1. The molecule has 4 heterocycles. The predicted octanol–water partition coefficient (Wildman–Crippen LogP) is -0.163. The van der Waals surface area contributed by atoms with Crippen LogP contribution in [0.2, 0.25) is 0 Å². The van der Waals surface area contributed by atoms with Gasteiger partial charge in [-0.05, 0) is 30.2 Å². The number of aromatic nitrogens is 6. The topological polar surface area (TPSA) is 188 Å². The predicted molar refractivity (Wildman–Crippen MR) is 110 cm³/mol. The van der Waals surface area contributed by atoms with Crippen LogP contribution in [0.1, 0.15) is 11.3 Å². The quantitative estimate of drug-likeness (QED) is 0.138. The van der Waals surface area contributed by atoms with Crippen molar-refractivity contribution in [2.75, 3.05) is 24.6 Å². The fourth-order valence-corrected chi connectivity index (χ4v) is 2.66. The minimum atomic E-state index is 0.165. The molecule has 4 aromatic rings. The third-order valence-corrected chi connectivity index (χ3v) is 4.02. The molecule has 0 bridgehead atoms. The monoisotopic (exact) mass is 408 g/mol. The molecule has 0 unspecified atom stereocenters. The number of hydrogen-bond acceptors (Lipinski definition) is 11. The Labute approximate surface area is 170 Å². The van der Waals surface area contributed by atoms with Crippen molar-refractivity contribution in [3.63, 3.8) is 0 Å². The van der Waals surface area contributed by atoms with Gasteiger partial charge in [0, 0.05) is 19.8 Å². The highest BCUT2D eigenvalue weighted by molar-refractivity contribution is 5.95. The molecule has 4 rings (SSSR count). The first-order chi connectivity index (χ1) is 14.5. The summed E-state index contributed by atoms with van der Waals surface area (Å²) in [6, 6.07) is 7.20. The Balaban J connectivity index is 1.41. The number of anilines is 2. The van der Waals surface area contributed by atoms with Gasteiger partial charge in [0.1, 0.15) is 5.69 Å². The molecule has 0 saturated heterocycles. The molecule has 4 aromatic heterocycles. The molecule has 0 radical (unpaired) electrons. The summed E-state index contributed by atoms with van der Waals surface area (Å²) in [4.78, 5) is 17.2. The third-order valence-electron chi connectivity index (χ3n) is 4.02. The Kier molecular flexibility index (Phi) is 5.09. The average molecular weight is 408 g/mol. The third kappa shape index (κ3) is 4.10. The highest BCUT2D eigenvalue weighted by atomic mass is 16.3. The zero-order valence-corrected chi connectivity index (χ0v) is 16.1. The van der Waals surface area contributed by atoms with Crippen molar-refractivity contribution in [3.05, 3.63) is 48.0 Å². The normalized spacial score (nSPS) is 11.7. The zero-order chi connectivity index (χ0) is 21.1. The summed E-state index contributed by atoms with van der Waals surface area (Å²) in [6.45, 7) is 0.560. The fraction of sp³-hybridized carbons (Fsp3) is 0.176. The van der Waals surface area contributed by atoms with Crippen LogP contribution >= 0.6 is 0 Å². The maximum atomic E-state index is 5.98. The molecule has 0 amide bonds. The van der Waals surface area contributed by atoms with Gasteiger partial charge >= 0.3 is 0 Å². The van der Waals surface area contributed by atoms with Gasteiger partial charge in [0.2, 0.25) is 17.7 Å². The molecule has 0 aromatic carbocycles. The number of fused-ring (bicyclic) bond motifs is 1. The molecule has 0 atom stereocenters. The molecule has 0 fully saturated rings. The van der Waals surface area contributed by atoms with Crippen molar-refractivity contribution in [1.82, 2.24) is 34.7 Å². The van der Waals surface area contributed by atoms with Gasteiger partial charge in [0.25, 0.3) is 5.78 Å². The maximum absolute atomic E-state index is 5.98. The van der Waals surface area contributed by atoms with Crippen LogP contribution in [0, 0.1) is 0 Å². The van der Waals surface area contributed by atoms with E-state index in [1.807, 2.05) is 6.07 Å². The lowest BCUT2D eigenvalue weighted by molar-refractivity contribution is 0.371. The van der Waals surface area contributed by atoms with E-state index < -0.39 is 0 Å². The second kappa shape index (κ2) is 8.00. The minimum Gasteiger partial charge on any atom is -0.461 e. The molecule has 0 saturated carbocycles. The molecule has 154 valence electrons. The van der Waals surface area contributed by atoms with Crippen molar-refractivity contribution in [2.24, 2.45) is 16.7 Å². The first kappa shape index (κ1) is 19.1. The van der Waals surface area contributed by atoms with Crippen molar-refractivity contribution < 1.29 is 4.42 Å². The summed E-state index contributed by atoms with van der Waals surface area (Å²) in [7, 11) is 1.58. The van der Waals surface area contributed by atoms with E-state index in [0.29, 0.717) is 42.0 Å². The molecule has 7 N–H and O–H groups in total. The molecule has 13 heteroatoms. The Bertz CT molecular complexity index is 1160. The van der Waals surface area contributed by atoms with E-state index in [1.165, 1.54) is 4.52 Å². The van der Waals surface area contributed by atoms with Gasteiger partial charge in [-0.25, -0.2) is 11.0 Å². The second-order valence-corrected chi connectivity index (χ2v) is 6.32. The molecule has 0 spiro atoms. The summed E-state index contributed by atoms with van der Waals surface area (Å²) < 4.78 is 6.66. The van der Waals surface area contributed by atoms with E-state index in [-0.39, 0.29) is 11.8 Å². The van der Waals surface area contributed by atoms with Crippen LogP contribution in [0.4, 0.5) is 11.9 Å². The van der Waals surface area contributed by atoms with Crippen molar-refractivity contribution in [3.8, 4) is 11.6 Å². The van der Waals surface area contributed by atoms with Crippen molar-refractivity contribution in [1.29, 1.82) is 0 Å². The number of rotatable bonds is 7. The van der Waals surface area contributed by atoms with E-state index >= 15 is 0 Å². The zero-order valence-electron chi connectivity index (χ0n) is 16.1. The molecule has 30 heavy (non-hydrogen) atoms. The highest BCUT2D eigenvalue weighted by Gasteiger charge is 2.13. The molecule has 0 aliphatic carbocycles. The van der Waals surface area contributed by atoms with Crippen LogP contribution in [0.15, 0.2) is 46.2 Å². The van der Waals surface area contributed by atoms with E-state index in [4.69, 9.17) is 21.7 Å². The number of hydrazone groups is 1. The number of nitrogens with zero attached hydrogens (tertiary/aromatic N) is 8. The summed E-state index contributed by atoms with van der Waals surface area (Å²) in [5.74, 6) is 7.43. The van der Waals surface area contributed by atoms with E-state index in [1.54, 1.807) is 37.7 Å². The van der Waals surface area contributed by atoms with Gasteiger partial charge in [-0.15, -0.1) is 10.2 Å². The van der Waals surface area contributed by atoms with Crippen molar-refractivity contribution >= 4 is 23.5 Å². The summed E-state index contributed by atoms with van der Waals surface area (Å²) in [5.41, 5.74) is 13.3. The first-order valence-corrected chi connectivity index (χ1v) is 8.95. The summed E-state index contributed by atoms with van der Waals surface area (Å²) >= 11 is 0. The molecular formula is C17H20N12O. The number of hydrogen-bond donors (Lipinski definition) is 4. The molecule has 0 aliphatic rings. The molecule has 0 aliphatic heterocycles. The van der Waals surface area contributed by atoms with E-state index in [0.717, 1.165) is 10.7 Å². The van der Waals surface area contributed by atoms with Crippen LogP contribution in [-0.2, 0) is 6.42 Å². The molecule has 13 nitrogen and oxygen atoms in total. The van der Waals surface area contributed by atoms with Crippen LogP contribution < -0.4 is 22.6 Å². The van der Waals surface area contributed by atoms with Crippen LogP contribution in [0.3, 0.4) is 0 Å². The van der Waals surface area contributed by atoms with Crippen molar-refractivity contribution in [2.45, 2.75) is 6.42 Å². The summed E-state index contributed by atoms with van der Waals surface area (Å²) in [5, 5.41) is 12.4. The lowest BCUT2D eigenvalue weighted by Gasteiger charge is -2.08. The maximum Gasteiger partial charge on any atom is 0.259 e. The van der Waals surface area contributed by atoms with Gasteiger partial charge in [-0.1, -0.05) is 6.07 Å². The van der Waals surface area contributed by atoms with E-state index in [2.05, 4.69) is 35.5 Å². The lowest BCUT2D eigenvalue weighted by Crippen LogP contribution is -2.26. The van der Waals surface area contributed by atoms with Crippen LogP contribution in [0.5, 0.6) is 0 Å². The molecular weight excluding hydrogens is 388 g/mol.